The molecule has 0 aromatic heterocycles. The molecular weight excluding hydrogens is 384 g/mol. The molecule has 0 aliphatic heterocycles. The number of carbonyl (C=O) groups is 2. The average Bonchev–Trinajstić information content (AvgIpc) is 2.55. The molecule has 1 unspecified atom stereocenters. The number of hydrogen-bond donors (Lipinski definition) is 2. The quantitative estimate of drug-likeness (QED) is 0.764. The summed E-state index contributed by atoms with van der Waals surface area (Å²) in [6, 6.07) is 11.0. The molecule has 2 N–H and O–H groups in total. The van der Waals surface area contributed by atoms with Crippen molar-refractivity contribution < 1.29 is 14.3 Å². The number of nitrogens with one attached hydrogen (secondary N) is 2. The third-order valence-corrected chi connectivity index (χ3v) is 4.24. The first kappa shape index (κ1) is 19.0. The lowest BCUT2D eigenvalue weighted by molar-refractivity contribution is -0.128. The average molecular weight is 405 g/mol. The van der Waals surface area contributed by atoms with E-state index in [9.17, 15) is 9.59 Å². The molecule has 2 rings (SSSR count). The highest BCUT2D eigenvalue weighted by atomic mass is 79.9. The van der Waals surface area contributed by atoms with Crippen LogP contribution in [-0.4, -0.2) is 17.9 Å². The van der Waals surface area contributed by atoms with Crippen molar-refractivity contribution in [2.24, 2.45) is 0 Å². The maximum Gasteiger partial charge on any atom is 0.279 e. The molecule has 0 bridgehead atoms. The molecule has 2 aromatic carbocycles. The number of aryl methyl sites for hydroxylation is 3. The van der Waals surface area contributed by atoms with Crippen LogP contribution in [0.25, 0.3) is 0 Å². The predicted molar refractivity (Wildman–Crippen MR) is 100 cm³/mol. The SMILES string of the molecule is Cc1ccccc1C(=O)NNC(=O)C(C)Oc1c(C)cc(Br)cc1C. The summed E-state index contributed by atoms with van der Waals surface area (Å²) >= 11 is 3.43. The molecule has 2 amide bonds. The summed E-state index contributed by atoms with van der Waals surface area (Å²) in [4.78, 5) is 24.3. The molecule has 25 heavy (non-hydrogen) atoms. The Labute approximate surface area is 155 Å². The molecule has 0 aliphatic carbocycles. The normalized spacial score (nSPS) is 11.6. The number of hydrazine groups is 1. The van der Waals surface area contributed by atoms with Gasteiger partial charge in [-0.1, -0.05) is 34.1 Å². The Morgan fingerprint density at radius 2 is 1.60 bits per heavy atom. The van der Waals surface area contributed by atoms with Gasteiger partial charge in [0.15, 0.2) is 6.10 Å². The van der Waals surface area contributed by atoms with Crippen molar-refractivity contribution in [3.63, 3.8) is 0 Å². The van der Waals surface area contributed by atoms with Crippen LogP contribution in [0.2, 0.25) is 0 Å². The number of benzene rings is 2. The van der Waals surface area contributed by atoms with Crippen LogP contribution >= 0.6 is 15.9 Å². The smallest absolute Gasteiger partial charge is 0.279 e. The maximum absolute atomic E-state index is 12.2. The first-order chi connectivity index (χ1) is 11.8. The zero-order chi connectivity index (χ0) is 18.6. The number of carbonyl (C=O) groups excluding carboxylic acids is 2. The highest BCUT2D eigenvalue weighted by molar-refractivity contribution is 9.10. The topological polar surface area (TPSA) is 67.4 Å². The van der Waals surface area contributed by atoms with E-state index in [1.54, 1.807) is 19.1 Å². The highest BCUT2D eigenvalue weighted by Crippen LogP contribution is 2.28. The molecule has 132 valence electrons. The van der Waals surface area contributed by atoms with Crippen molar-refractivity contribution in [2.75, 3.05) is 0 Å². The Morgan fingerprint density at radius 3 is 2.20 bits per heavy atom. The van der Waals surface area contributed by atoms with Crippen LogP contribution in [0.1, 0.15) is 34.0 Å². The van der Waals surface area contributed by atoms with Crippen molar-refractivity contribution in [2.45, 2.75) is 33.8 Å². The van der Waals surface area contributed by atoms with Crippen LogP contribution in [0.4, 0.5) is 0 Å². The molecule has 1 atom stereocenters. The summed E-state index contributed by atoms with van der Waals surface area (Å²) in [5.74, 6) is -0.130. The lowest BCUT2D eigenvalue weighted by Gasteiger charge is -2.18. The fourth-order valence-corrected chi connectivity index (χ4v) is 3.12. The van der Waals surface area contributed by atoms with E-state index in [0.29, 0.717) is 11.3 Å². The van der Waals surface area contributed by atoms with Gasteiger partial charge in [0.2, 0.25) is 0 Å². The van der Waals surface area contributed by atoms with Crippen LogP contribution in [0, 0.1) is 20.8 Å². The molecule has 0 spiro atoms. The summed E-state index contributed by atoms with van der Waals surface area (Å²) in [7, 11) is 0. The van der Waals surface area contributed by atoms with Crippen molar-refractivity contribution in [1.29, 1.82) is 0 Å². The third-order valence-electron chi connectivity index (χ3n) is 3.78. The van der Waals surface area contributed by atoms with Crippen LogP contribution in [-0.2, 0) is 4.79 Å². The van der Waals surface area contributed by atoms with Crippen LogP contribution < -0.4 is 15.6 Å². The standard InChI is InChI=1S/C19H21BrN2O3/c1-11-7-5-6-8-16(11)19(24)22-21-18(23)14(4)25-17-12(2)9-15(20)10-13(17)3/h5-10,14H,1-4H3,(H,21,23)(H,22,24). The van der Waals surface area contributed by atoms with Gasteiger partial charge in [-0.2, -0.15) is 0 Å². The second-order valence-corrected chi connectivity index (χ2v) is 6.80. The van der Waals surface area contributed by atoms with Gasteiger partial charge in [0.05, 0.1) is 0 Å². The highest BCUT2D eigenvalue weighted by Gasteiger charge is 2.18. The van der Waals surface area contributed by atoms with Gasteiger partial charge in [0.1, 0.15) is 5.75 Å². The van der Waals surface area contributed by atoms with Crippen molar-refractivity contribution in [3.05, 3.63) is 63.1 Å². The number of rotatable bonds is 4. The number of halogens is 1. The van der Waals surface area contributed by atoms with Crippen LogP contribution in [0.5, 0.6) is 5.75 Å². The van der Waals surface area contributed by atoms with Gasteiger partial charge >= 0.3 is 0 Å². The molecule has 0 radical (unpaired) electrons. The molecule has 0 aliphatic rings. The van der Waals surface area contributed by atoms with Gasteiger partial charge < -0.3 is 4.74 Å². The lowest BCUT2D eigenvalue weighted by atomic mass is 10.1. The zero-order valence-corrected chi connectivity index (χ0v) is 16.2. The van der Waals surface area contributed by atoms with E-state index in [-0.39, 0.29) is 5.91 Å². The number of ether oxygens (including phenoxy) is 1. The minimum atomic E-state index is -0.754. The second-order valence-electron chi connectivity index (χ2n) is 5.89. The van der Waals surface area contributed by atoms with E-state index in [0.717, 1.165) is 21.2 Å². The van der Waals surface area contributed by atoms with Gasteiger partial charge in [0.25, 0.3) is 11.8 Å². The molecule has 0 heterocycles. The van der Waals surface area contributed by atoms with E-state index in [2.05, 4.69) is 26.8 Å². The van der Waals surface area contributed by atoms with Gasteiger partial charge in [0, 0.05) is 10.0 Å². The van der Waals surface area contributed by atoms with Gasteiger partial charge in [-0.25, -0.2) is 0 Å². The third kappa shape index (κ3) is 4.82. The summed E-state index contributed by atoms with van der Waals surface area (Å²) < 4.78 is 6.73. The maximum atomic E-state index is 12.2. The van der Waals surface area contributed by atoms with Crippen LogP contribution in [0.3, 0.4) is 0 Å². The van der Waals surface area contributed by atoms with Crippen molar-refractivity contribution in [3.8, 4) is 5.75 Å². The largest absolute Gasteiger partial charge is 0.480 e. The van der Waals surface area contributed by atoms with E-state index >= 15 is 0 Å². The van der Waals surface area contributed by atoms with Crippen molar-refractivity contribution >= 4 is 27.7 Å². The Morgan fingerprint density at radius 1 is 1.00 bits per heavy atom. The minimum Gasteiger partial charge on any atom is -0.480 e. The summed E-state index contributed by atoms with van der Waals surface area (Å²) in [5.41, 5.74) is 8.02. The minimum absolute atomic E-state index is 0.366. The molecule has 0 saturated heterocycles. The monoisotopic (exact) mass is 404 g/mol. The molecule has 0 saturated carbocycles. The van der Waals surface area contributed by atoms with Crippen molar-refractivity contribution in [1.82, 2.24) is 10.9 Å². The van der Waals surface area contributed by atoms with E-state index in [1.807, 2.05) is 45.0 Å². The summed E-state index contributed by atoms with van der Waals surface area (Å²) in [5, 5.41) is 0. The van der Waals surface area contributed by atoms with Gasteiger partial charge in [-0.05, 0) is 62.6 Å². The molecular formula is C19H21BrN2O3. The zero-order valence-electron chi connectivity index (χ0n) is 14.6. The summed E-state index contributed by atoms with van der Waals surface area (Å²) in [6.07, 6.45) is -0.754. The first-order valence-corrected chi connectivity index (χ1v) is 8.68. The fraction of sp³-hybridized carbons (Fsp3) is 0.263. The number of amides is 2. The van der Waals surface area contributed by atoms with Gasteiger partial charge in [-0.3, -0.25) is 20.4 Å². The Bertz CT molecular complexity index is 782. The molecule has 6 heteroatoms. The molecule has 2 aromatic rings. The Kier molecular flexibility index (Phi) is 6.20. The fourth-order valence-electron chi connectivity index (χ4n) is 2.43. The Hall–Kier alpha value is -2.34. The predicted octanol–water partition coefficient (Wildman–Crippen LogP) is 3.60. The Balaban J connectivity index is 1.97. The van der Waals surface area contributed by atoms with E-state index in [4.69, 9.17) is 4.74 Å². The summed E-state index contributed by atoms with van der Waals surface area (Å²) in [6.45, 7) is 7.30. The number of hydrogen-bond acceptors (Lipinski definition) is 3. The second kappa shape index (κ2) is 8.16. The van der Waals surface area contributed by atoms with E-state index < -0.39 is 12.0 Å². The van der Waals surface area contributed by atoms with Gasteiger partial charge in [-0.15, -0.1) is 0 Å². The lowest BCUT2D eigenvalue weighted by Crippen LogP contribution is -2.47. The van der Waals surface area contributed by atoms with E-state index in [1.165, 1.54) is 0 Å². The first-order valence-electron chi connectivity index (χ1n) is 7.89. The van der Waals surface area contributed by atoms with Crippen LogP contribution in [0.15, 0.2) is 40.9 Å². The molecule has 5 nitrogen and oxygen atoms in total. The molecule has 0 fully saturated rings.